The third-order valence-corrected chi connectivity index (χ3v) is 6.39. The highest BCUT2D eigenvalue weighted by Gasteiger charge is 2.27. The van der Waals surface area contributed by atoms with Gasteiger partial charge in [-0.15, -0.1) is 34.2 Å². The number of aromatic nitrogens is 5. The fourth-order valence-electron chi connectivity index (χ4n) is 4.21. The second-order valence-corrected chi connectivity index (χ2v) is 8.78. The first-order valence-corrected chi connectivity index (χ1v) is 11.6. The van der Waals surface area contributed by atoms with Gasteiger partial charge >= 0.3 is 0 Å². The molecule has 0 amide bonds. The first-order valence-electron chi connectivity index (χ1n) is 11.6. The standard InChI is InChI=1S/C24H35N9.HI/c1-19-28-29-23(32(19)4)16-26-24(25-12-8-13-30(2)22-9-6-5-7-10-22)33-14-11-20(18-33)21-15-27-31(3)17-21;/h5-7,9-10,15,17,20H,8,11-14,16,18H2,1-4H3,(H,25,26);1H. The normalized spacial score (nSPS) is 15.9. The summed E-state index contributed by atoms with van der Waals surface area (Å²) in [4.78, 5) is 9.58. The molecule has 9 nitrogen and oxygen atoms in total. The maximum atomic E-state index is 4.93. The molecule has 2 aromatic heterocycles. The number of likely N-dealkylation sites (tertiary alicyclic amines) is 1. The molecular weight excluding hydrogens is 541 g/mol. The van der Waals surface area contributed by atoms with Gasteiger partial charge in [0.2, 0.25) is 0 Å². The van der Waals surface area contributed by atoms with Crippen molar-refractivity contribution in [3.05, 3.63) is 59.9 Å². The Morgan fingerprint density at radius 2 is 2.00 bits per heavy atom. The maximum absolute atomic E-state index is 4.93. The Labute approximate surface area is 219 Å². The van der Waals surface area contributed by atoms with Gasteiger partial charge in [-0.25, -0.2) is 4.99 Å². The summed E-state index contributed by atoms with van der Waals surface area (Å²) in [6, 6.07) is 10.5. The van der Waals surface area contributed by atoms with Crippen molar-refractivity contribution in [2.45, 2.75) is 32.2 Å². The Morgan fingerprint density at radius 3 is 2.68 bits per heavy atom. The lowest BCUT2D eigenvalue weighted by molar-refractivity contribution is 0.482. The molecule has 1 fully saturated rings. The van der Waals surface area contributed by atoms with E-state index in [-0.39, 0.29) is 24.0 Å². The first kappa shape index (κ1) is 26.0. The number of hydrogen-bond donors (Lipinski definition) is 1. The van der Waals surface area contributed by atoms with Gasteiger partial charge in [-0.2, -0.15) is 5.10 Å². The zero-order valence-corrected chi connectivity index (χ0v) is 22.9. The Morgan fingerprint density at radius 1 is 1.21 bits per heavy atom. The Hall–Kier alpha value is -2.63. The summed E-state index contributed by atoms with van der Waals surface area (Å²) < 4.78 is 3.88. The van der Waals surface area contributed by atoms with Gasteiger partial charge in [0.1, 0.15) is 12.4 Å². The summed E-state index contributed by atoms with van der Waals surface area (Å²) in [5.74, 6) is 3.20. The SMILES string of the molecule is Cc1nnc(CN=C(NCCCN(C)c2ccccc2)N2CCC(c3cnn(C)c3)C2)n1C.I. The average Bonchev–Trinajstić information content (AvgIpc) is 3.56. The number of nitrogens with zero attached hydrogens (tertiary/aromatic N) is 8. The largest absolute Gasteiger partial charge is 0.375 e. The van der Waals surface area contributed by atoms with Gasteiger partial charge in [-0.1, -0.05) is 18.2 Å². The highest BCUT2D eigenvalue weighted by atomic mass is 127. The third kappa shape index (κ3) is 6.49. The Balaban J connectivity index is 0.00000324. The third-order valence-electron chi connectivity index (χ3n) is 6.39. The molecule has 3 heterocycles. The molecule has 1 N–H and O–H groups in total. The first-order chi connectivity index (χ1) is 16.0. The smallest absolute Gasteiger partial charge is 0.194 e. The van der Waals surface area contributed by atoms with Gasteiger partial charge in [0.05, 0.1) is 6.20 Å². The molecule has 1 atom stereocenters. The predicted molar refractivity (Wildman–Crippen MR) is 147 cm³/mol. The molecule has 0 spiro atoms. The van der Waals surface area contributed by atoms with Crippen LogP contribution in [0.3, 0.4) is 0 Å². The van der Waals surface area contributed by atoms with Crippen molar-refractivity contribution < 1.29 is 0 Å². The Bertz CT molecular complexity index is 1060. The topological polar surface area (TPSA) is 79.4 Å². The number of nitrogens with one attached hydrogen (secondary N) is 1. The predicted octanol–water partition coefficient (Wildman–Crippen LogP) is 2.94. The molecule has 3 aromatic rings. The van der Waals surface area contributed by atoms with Crippen molar-refractivity contribution in [2.75, 3.05) is 38.1 Å². The Kier molecular flexibility index (Phi) is 9.31. The van der Waals surface area contributed by atoms with Crippen LogP contribution in [0.4, 0.5) is 5.69 Å². The van der Waals surface area contributed by atoms with E-state index in [1.54, 1.807) is 0 Å². The van der Waals surface area contributed by atoms with E-state index in [0.717, 1.165) is 56.6 Å². The molecule has 0 radical (unpaired) electrons. The van der Waals surface area contributed by atoms with E-state index in [1.807, 2.05) is 36.5 Å². The van der Waals surface area contributed by atoms with Crippen molar-refractivity contribution in [1.82, 2.24) is 34.8 Å². The monoisotopic (exact) mass is 577 g/mol. The molecule has 1 saturated heterocycles. The van der Waals surface area contributed by atoms with Crippen molar-refractivity contribution in [3.8, 4) is 0 Å². The van der Waals surface area contributed by atoms with Crippen LogP contribution >= 0.6 is 24.0 Å². The zero-order valence-electron chi connectivity index (χ0n) is 20.6. The van der Waals surface area contributed by atoms with Crippen molar-refractivity contribution in [3.63, 3.8) is 0 Å². The van der Waals surface area contributed by atoms with Gasteiger partial charge in [-0.3, -0.25) is 4.68 Å². The van der Waals surface area contributed by atoms with Crippen LogP contribution in [-0.2, 0) is 20.6 Å². The van der Waals surface area contributed by atoms with Crippen LogP contribution in [0.25, 0.3) is 0 Å². The van der Waals surface area contributed by atoms with Crippen LogP contribution in [0.2, 0.25) is 0 Å². The van der Waals surface area contributed by atoms with E-state index < -0.39 is 0 Å². The van der Waals surface area contributed by atoms with Crippen LogP contribution < -0.4 is 10.2 Å². The molecule has 1 aromatic carbocycles. The molecule has 34 heavy (non-hydrogen) atoms. The van der Waals surface area contributed by atoms with E-state index in [2.05, 4.69) is 74.0 Å². The molecule has 184 valence electrons. The number of rotatable bonds is 8. The molecule has 0 aliphatic carbocycles. The quantitative estimate of drug-likeness (QED) is 0.192. The number of aryl methyl sites for hydroxylation is 2. The van der Waals surface area contributed by atoms with Crippen LogP contribution in [0.5, 0.6) is 0 Å². The van der Waals surface area contributed by atoms with Gasteiger partial charge in [-0.05, 0) is 37.5 Å². The summed E-state index contributed by atoms with van der Waals surface area (Å²) >= 11 is 0. The van der Waals surface area contributed by atoms with E-state index in [1.165, 1.54) is 11.3 Å². The van der Waals surface area contributed by atoms with Gasteiger partial charge in [0.15, 0.2) is 11.8 Å². The van der Waals surface area contributed by atoms with E-state index in [0.29, 0.717) is 12.5 Å². The number of guanidine groups is 1. The minimum Gasteiger partial charge on any atom is -0.375 e. The van der Waals surface area contributed by atoms with Crippen LogP contribution in [-0.4, -0.2) is 68.6 Å². The molecule has 10 heteroatoms. The number of para-hydroxylation sites is 1. The van der Waals surface area contributed by atoms with Crippen LogP contribution in [0.1, 0.15) is 36.0 Å². The lowest BCUT2D eigenvalue weighted by Gasteiger charge is -2.23. The van der Waals surface area contributed by atoms with E-state index in [9.17, 15) is 0 Å². The molecule has 1 aliphatic heterocycles. The zero-order chi connectivity index (χ0) is 23.2. The lowest BCUT2D eigenvalue weighted by Crippen LogP contribution is -2.41. The van der Waals surface area contributed by atoms with Crippen molar-refractivity contribution >= 4 is 35.6 Å². The van der Waals surface area contributed by atoms with Crippen LogP contribution in [0, 0.1) is 6.92 Å². The van der Waals surface area contributed by atoms with E-state index >= 15 is 0 Å². The van der Waals surface area contributed by atoms with Gasteiger partial charge < -0.3 is 19.7 Å². The molecule has 1 aliphatic rings. The van der Waals surface area contributed by atoms with E-state index in [4.69, 9.17) is 4.99 Å². The van der Waals surface area contributed by atoms with Crippen LogP contribution in [0.15, 0.2) is 47.7 Å². The van der Waals surface area contributed by atoms with Crippen molar-refractivity contribution in [2.24, 2.45) is 19.1 Å². The highest BCUT2D eigenvalue weighted by Crippen LogP contribution is 2.26. The molecule has 0 bridgehead atoms. The average molecular weight is 578 g/mol. The van der Waals surface area contributed by atoms with Gasteiger partial charge in [0, 0.05) is 65.1 Å². The fourth-order valence-corrected chi connectivity index (χ4v) is 4.21. The van der Waals surface area contributed by atoms with Crippen molar-refractivity contribution in [1.29, 1.82) is 0 Å². The molecule has 4 rings (SSSR count). The summed E-state index contributed by atoms with van der Waals surface area (Å²) in [6.45, 7) is 6.23. The number of anilines is 1. The van der Waals surface area contributed by atoms with Gasteiger partial charge in [0.25, 0.3) is 0 Å². The summed E-state index contributed by atoms with van der Waals surface area (Å²) in [5, 5.41) is 16.4. The summed E-state index contributed by atoms with van der Waals surface area (Å²) in [6.07, 6.45) is 6.24. The molecule has 1 unspecified atom stereocenters. The highest BCUT2D eigenvalue weighted by molar-refractivity contribution is 14.0. The minimum absolute atomic E-state index is 0. The molecule has 0 saturated carbocycles. The second kappa shape index (κ2) is 12.2. The molecular formula is C24H36IN9. The lowest BCUT2D eigenvalue weighted by atomic mass is 10.0. The number of halogens is 1. The number of aliphatic imine (C=N–C) groups is 1. The fraction of sp³-hybridized carbons (Fsp3) is 0.500. The maximum Gasteiger partial charge on any atom is 0.194 e. The number of hydrogen-bond acceptors (Lipinski definition) is 5. The summed E-state index contributed by atoms with van der Waals surface area (Å²) in [5.41, 5.74) is 2.54. The minimum atomic E-state index is 0. The summed E-state index contributed by atoms with van der Waals surface area (Å²) in [7, 11) is 6.10. The second-order valence-electron chi connectivity index (χ2n) is 8.78. The number of benzene rings is 1.